The number of aromatic nitrogens is 5. The molecule has 2 aliphatic rings. The van der Waals surface area contributed by atoms with Crippen molar-refractivity contribution in [3.63, 3.8) is 0 Å². The highest BCUT2D eigenvalue weighted by Crippen LogP contribution is 2.27. The summed E-state index contributed by atoms with van der Waals surface area (Å²) in [5.74, 6) is 2.42. The van der Waals surface area contributed by atoms with Crippen molar-refractivity contribution in [3.05, 3.63) is 35.9 Å². The van der Waals surface area contributed by atoms with Gasteiger partial charge in [0.05, 0.1) is 12.7 Å². The largest absolute Gasteiger partial charge is 0.337 e. The molecule has 0 aromatic carbocycles. The first-order valence-electron chi connectivity index (χ1n) is 10.4. The van der Waals surface area contributed by atoms with Crippen molar-refractivity contribution in [2.75, 3.05) is 26.2 Å². The summed E-state index contributed by atoms with van der Waals surface area (Å²) in [6.07, 6.45) is 11.7. The predicted molar refractivity (Wildman–Crippen MR) is 105 cm³/mol. The highest BCUT2D eigenvalue weighted by molar-refractivity contribution is 5.92. The quantitative estimate of drug-likeness (QED) is 0.803. The molecule has 0 saturated carbocycles. The summed E-state index contributed by atoms with van der Waals surface area (Å²) in [6, 6.07) is 0. The maximum Gasteiger partial charge on any atom is 0.274 e. The van der Waals surface area contributed by atoms with Gasteiger partial charge in [-0.05, 0) is 38.8 Å². The fourth-order valence-corrected chi connectivity index (χ4v) is 4.28. The summed E-state index contributed by atoms with van der Waals surface area (Å²) in [4.78, 5) is 25.0. The Morgan fingerprint density at radius 3 is 2.46 bits per heavy atom. The molecule has 28 heavy (non-hydrogen) atoms. The number of carbonyl (C=O) groups is 1. The first-order chi connectivity index (χ1) is 13.7. The van der Waals surface area contributed by atoms with E-state index in [9.17, 15) is 4.79 Å². The number of piperidine rings is 1. The Labute approximate surface area is 166 Å². The Hall–Kier alpha value is -2.35. The smallest absolute Gasteiger partial charge is 0.274 e. The SMILES string of the molecule is Cn1c(CN2CCCCCC2)nnc1C1CCN(C(=O)c2cnccn2)CC1. The van der Waals surface area contributed by atoms with E-state index >= 15 is 0 Å². The van der Waals surface area contributed by atoms with Crippen molar-refractivity contribution in [2.24, 2.45) is 7.05 Å². The van der Waals surface area contributed by atoms with Gasteiger partial charge in [-0.3, -0.25) is 14.7 Å². The van der Waals surface area contributed by atoms with E-state index in [1.165, 1.54) is 31.9 Å². The molecular weight excluding hydrogens is 354 g/mol. The third-order valence-corrected chi connectivity index (χ3v) is 5.99. The summed E-state index contributed by atoms with van der Waals surface area (Å²) in [5, 5.41) is 9.01. The van der Waals surface area contributed by atoms with Crippen LogP contribution in [0.3, 0.4) is 0 Å². The lowest BCUT2D eigenvalue weighted by Crippen LogP contribution is -2.38. The molecule has 0 bridgehead atoms. The molecule has 0 unspecified atom stereocenters. The monoisotopic (exact) mass is 383 g/mol. The van der Waals surface area contributed by atoms with Gasteiger partial charge in [0.15, 0.2) is 0 Å². The second-order valence-electron chi connectivity index (χ2n) is 7.88. The van der Waals surface area contributed by atoms with Gasteiger partial charge in [0.2, 0.25) is 0 Å². The molecule has 1 amide bonds. The van der Waals surface area contributed by atoms with Gasteiger partial charge in [-0.15, -0.1) is 10.2 Å². The van der Waals surface area contributed by atoms with Gasteiger partial charge in [-0.25, -0.2) is 4.98 Å². The van der Waals surface area contributed by atoms with Crippen LogP contribution in [0.5, 0.6) is 0 Å². The second-order valence-corrected chi connectivity index (χ2v) is 7.88. The van der Waals surface area contributed by atoms with E-state index < -0.39 is 0 Å². The maximum atomic E-state index is 12.5. The maximum absolute atomic E-state index is 12.5. The van der Waals surface area contributed by atoms with Crippen molar-refractivity contribution in [1.29, 1.82) is 0 Å². The number of likely N-dealkylation sites (tertiary alicyclic amines) is 2. The molecule has 2 saturated heterocycles. The predicted octanol–water partition coefficient (Wildman–Crippen LogP) is 2.00. The van der Waals surface area contributed by atoms with E-state index in [-0.39, 0.29) is 5.91 Å². The fourth-order valence-electron chi connectivity index (χ4n) is 4.28. The second kappa shape index (κ2) is 8.77. The standard InChI is InChI=1S/C20H29N7O/c1-25-18(15-26-10-4-2-3-5-11-26)23-24-19(25)16-6-12-27(13-7-16)20(28)17-14-21-8-9-22-17/h8-9,14,16H,2-7,10-13,15H2,1H3. The third kappa shape index (κ3) is 4.22. The van der Waals surface area contributed by atoms with Crippen LogP contribution in [0.25, 0.3) is 0 Å². The van der Waals surface area contributed by atoms with E-state index in [1.807, 2.05) is 4.90 Å². The summed E-state index contributed by atoms with van der Waals surface area (Å²) in [5.41, 5.74) is 0.416. The molecule has 0 radical (unpaired) electrons. The Kier molecular flexibility index (Phi) is 5.95. The van der Waals surface area contributed by atoms with Crippen molar-refractivity contribution in [1.82, 2.24) is 34.5 Å². The van der Waals surface area contributed by atoms with Crippen molar-refractivity contribution in [3.8, 4) is 0 Å². The van der Waals surface area contributed by atoms with Gasteiger partial charge in [0.1, 0.15) is 17.3 Å². The summed E-state index contributed by atoms with van der Waals surface area (Å²) < 4.78 is 2.18. The molecular formula is C20H29N7O. The Morgan fingerprint density at radius 1 is 1.04 bits per heavy atom. The van der Waals surface area contributed by atoms with E-state index in [1.54, 1.807) is 12.4 Å². The zero-order chi connectivity index (χ0) is 19.3. The van der Waals surface area contributed by atoms with E-state index in [0.717, 1.165) is 44.1 Å². The van der Waals surface area contributed by atoms with Gasteiger partial charge in [-0.1, -0.05) is 12.8 Å². The summed E-state index contributed by atoms with van der Waals surface area (Å²) in [6.45, 7) is 4.63. The number of carbonyl (C=O) groups excluding carboxylic acids is 1. The number of amides is 1. The molecule has 2 aliphatic heterocycles. The summed E-state index contributed by atoms with van der Waals surface area (Å²) in [7, 11) is 2.08. The molecule has 0 atom stereocenters. The number of rotatable bonds is 4. The van der Waals surface area contributed by atoms with Crippen LogP contribution < -0.4 is 0 Å². The first-order valence-corrected chi connectivity index (χ1v) is 10.4. The zero-order valence-electron chi connectivity index (χ0n) is 16.6. The van der Waals surface area contributed by atoms with E-state index in [2.05, 4.69) is 36.7 Å². The Balaban J connectivity index is 1.36. The minimum atomic E-state index is -0.0358. The van der Waals surface area contributed by atoms with E-state index in [0.29, 0.717) is 24.7 Å². The molecule has 4 heterocycles. The van der Waals surface area contributed by atoms with Crippen molar-refractivity contribution >= 4 is 5.91 Å². The van der Waals surface area contributed by atoms with Gasteiger partial charge in [0.25, 0.3) is 5.91 Å². The molecule has 0 N–H and O–H groups in total. The zero-order valence-corrected chi connectivity index (χ0v) is 16.6. The topological polar surface area (TPSA) is 80.0 Å². The average Bonchev–Trinajstić information content (AvgIpc) is 2.93. The van der Waals surface area contributed by atoms with Crippen LogP contribution >= 0.6 is 0 Å². The lowest BCUT2D eigenvalue weighted by atomic mass is 9.95. The molecule has 4 rings (SSSR count). The number of hydrogen-bond acceptors (Lipinski definition) is 6. The lowest BCUT2D eigenvalue weighted by molar-refractivity contribution is 0.0704. The van der Waals surface area contributed by atoms with Crippen LogP contribution in [0.2, 0.25) is 0 Å². The number of nitrogens with zero attached hydrogens (tertiary/aromatic N) is 7. The highest BCUT2D eigenvalue weighted by atomic mass is 16.2. The molecule has 8 nitrogen and oxygen atoms in total. The average molecular weight is 384 g/mol. The van der Waals surface area contributed by atoms with Crippen LogP contribution in [0.15, 0.2) is 18.6 Å². The Morgan fingerprint density at radius 2 is 1.79 bits per heavy atom. The van der Waals surface area contributed by atoms with E-state index in [4.69, 9.17) is 0 Å². The van der Waals surface area contributed by atoms with Gasteiger partial charge >= 0.3 is 0 Å². The molecule has 2 fully saturated rings. The normalized spacial score (nSPS) is 19.5. The molecule has 8 heteroatoms. The minimum absolute atomic E-state index is 0.0358. The van der Waals surface area contributed by atoms with Gasteiger partial charge in [-0.2, -0.15) is 0 Å². The first kappa shape index (κ1) is 19.0. The van der Waals surface area contributed by atoms with Gasteiger partial charge in [0, 0.05) is 38.4 Å². The third-order valence-electron chi connectivity index (χ3n) is 5.99. The Bertz CT molecular complexity index is 775. The highest BCUT2D eigenvalue weighted by Gasteiger charge is 2.28. The lowest BCUT2D eigenvalue weighted by Gasteiger charge is -2.31. The van der Waals surface area contributed by atoms with Crippen LogP contribution in [0, 0.1) is 0 Å². The molecule has 0 aliphatic carbocycles. The molecule has 0 spiro atoms. The molecule has 2 aromatic rings. The van der Waals surface area contributed by atoms with Crippen molar-refractivity contribution in [2.45, 2.75) is 51.0 Å². The van der Waals surface area contributed by atoms with Crippen LogP contribution in [-0.2, 0) is 13.6 Å². The van der Waals surface area contributed by atoms with Gasteiger partial charge < -0.3 is 9.47 Å². The summed E-state index contributed by atoms with van der Waals surface area (Å²) >= 11 is 0. The van der Waals surface area contributed by atoms with Crippen LogP contribution in [0.4, 0.5) is 0 Å². The van der Waals surface area contributed by atoms with Crippen LogP contribution in [-0.4, -0.2) is 66.6 Å². The minimum Gasteiger partial charge on any atom is -0.337 e. The molecule has 150 valence electrons. The van der Waals surface area contributed by atoms with Crippen molar-refractivity contribution < 1.29 is 4.79 Å². The number of hydrogen-bond donors (Lipinski definition) is 0. The fraction of sp³-hybridized carbons (Fsp3) is 0.650. The molecule has 2 aromatic heterocycles. The van der Waals surface area contributed by atoms with Crippen LogP contribution in [0.1, 0.15) is 66.6 Å².